The Labute approximate surface area is 107 Å². The summed E-state index contributed by atoms with van der Waals surface area (Å²) >= 11 is 0. The molecule has 5 heteroatoms. The average Bonchev–Trinajstić information content (AvgIpc) is 2.74. The molecule has 0 aliphatic heterocycles. The zero-order valence-corrected chi connectivity index (χ0v) is 10.6. The summed E-state index contributed by atoms with van der Waals surface area (Å²) in [6.07, 6.45) is 3.56. The Bertz CT molecular complexity index is 442. The molecule has 0 aromatic carbocycles. The fourth-order valence-electron chi connectivity index (χ4n) is 2.47. The molecular weight excluding hydrogens is 230 g/mol. The standard InChI is InChI=1S/C13H19N3O2/c1-16(9-13(18)7-2-3-8-13)12(17)10-5-4-6-11(14)15-10/h4-6,18H,2-3,7-9H2,1H3,(H2,14,15). The van der Waals surface area contributed by atoms with Crippen molar-refractivity contribution in [1.82, 2.24) is 9.88 Å². The van der Waals surface area contributed by atoms with Crippen LogP contribution in [0.1, 0.15) is 36.2 Å². The third kappa shape index (κ3) is 2.79. The van der Waals surface area contributed by atoms with Gasteiger partial charge in [0.1, 0.15) is 11.5 Å². The molecule has 1 aliphatic rings. The number of nitrogens with zero attached hydrogens (tertiary/aromatic N) is 2. The Morgan fingerprint density at radius 1 is 1.50 bits per heavy atom. The smallest absolute Gasteiger partial charge is 0.272 e. The van der Waals surface area contributed by atoms with Gasteiger partial charge in [-0.05, 0) is 25.0 Å². The molecule has 1 amide bonds. The third-order valence-corrected chi connectivity index (χ3v) is 3.40. The normalized spacial score (nSPS) is 17.7. The maximum atomic E-state index is 12.1. The van der Waals surface area contributed by atoms with Gasteiger partial charge in [-0.15, -0.1) is 0 Å². The van der Waals surface area contributed by atoms with Gasteiger partial charge in [0.15, 0.2) is 0 Å². The van der Waals surface area contributed by atoms with Crippen molar-refractivity contribution >= 4 is 11.7 Å². The van der Waals surface area contributed by atoms with E-state index in [4.69, 9.17) is 5.73 Å². The second-order valence-electron chi connectivity index (χ2n) is 5.04. The summed E-state index contributed by atoms with van der Waals surface area (Å²) < 4.78 is 0. The second kappa shape index (κ2) is 4.94. The zero-order valence-electron chi connectivity index (χ0n) is 10.6. The highest BCUT2D eigenvalue weighted by Gasteiger charge is 2.33. The van der Waals surface area contributed by atoms with E-state index in [-0.39, 0.29) is 5.91 Å². The number of aromatic nitrogens is 1. The Kier molecular flexibility index (Phi) is 3.52. The number of aliphatic hydroxyl groups is 1. The minimum absolute atomic E-state index is 0.206. The van der Waals surface area contributed by atoms with Gasteiger partial charge in [0, 0.05) is 13.6 Å². The molecule has 98 valence electrons. The third-order valence-electron chi connectivity index (χ3n) is 3.40. The van der Waals surface area contributed by atoms with Crippen molar-refractivity contribution in [2.75, 3.05) is 19.3 Å². The first kappa shape index (κ1) is 12.8. The van der Waals surface area contributed by atoms with Crippen LogP contribution in [0.15, 0.2) is 18.2 Å². The molecule has 2 rings (SSSR count). The molecule has 0 bridgehead atoms. The monoisotopic (exact) mass is 249 g/mol. The van der Waals surface area contributed by atoms with E-state index in [0.717, 1.165) is 25.7 Å². The molecule has 0 unspecified atom stereocenters. The average molecular weight is 249 g/mol. The maximum Gasteiger partial charge on any atom is 0.272 e. The lowest BCUT2D eigenvalue weighted by atomic mass is 10.0. The van der Waals surface area contributed by atoms with E-state index >= 15 is 0 Å². The summed E-state index contributed by atoms with van der Waals surface area (Å²) in [4.78, 5) is 17.6. The molecule has 18 heavy (non-hydrogen) atoms. The van der Waals surface area contributed by atoms with Crippen molar-refractivity contribution in [2.24, 2.45) is 0 Å². The summed E-state index contributed by atoms with van der Waals surface area (Å²) in [6, 6.07) is 4.98. The SMILES string of the molecule is CN(CC1(O)CCCC1)C(=O)c1cccc(N)n1. The molecule has 0 spiro atoms. The number of carbonyl (C=O) groups is 1. The van der Waals surface area contributed by atoms with Crippen molar-refractivity contribution in [2.45, 2.75) is 31.3 Å². The molecule has 0 radical (unpaired) electrons. The summed E-state index contributed by atoms with van der Waals surface area (Å²) in [6.45, 7) is 0.350. The Morgan fingerprint density at radius 3 is 2.78 bits per heavy atom. The van der Waals surface area contributed by atoms with Crippen molar-refractivity contribution in [1.29, 1.82) is 0 Å². The van der Waals surface area contributed by atoms with Gasteiger partial charge in [0.05, 0.1) is 5.60 Å². The highest BCUT2D eigenvalue weighted by Crippen LogP contribution is 2.30. The van der Waals surface area contributed by atoms with Gasteiger partial charge in [-0.25, -0.2) is 4.98 Å². The van der Waals surface area contributed by atoms with E-state index in [9.17, 15) is 9.90 Å². The molecule has 1 aliphatic carbocycles. The summed E-state index contributed by atoms with van der Waals surface area (Å²) in [5.41, 5.74) is 5.14. The second-order valence-corrected chi connectivity index (χ2v) is 5.04. The lowest BCUT2D eigenvalue weighted by Gasteiger charge is -2.28. The van der Waals surface area contributed by atoms with E-state index in [1.165, 1.54) is 4.90 Å². The van der Waals surface area contributed by atoms with Gasteiger partial charge in [0.2, 0.25) is 0 Å². The predicted molar refractivity (Wildman–Crippen MR) is 69.0 cm³/mol. The summed E-state index contributed by atoms with van der Waals surface area (Å²) in [7, 11) is 1.68. The van der Waals surface area contributed by atoms with Crippen molar-refractivity contribution < 1.29 is 9.90 Å². The first-order chi connectivity index (χ1) is 8.50. The maximum absolute atomic E-state index is 12.1. The van der Waals surface area contributed by atoms with E-state index in [2.05, 4.69) is 4.98 Å². The number of hydrogen-bond acceptors (Lipinski definition) is 4. The molecule has 1 aromatic rings. The zero-order chi connectivity index (χ0) is 13.2. The number of likely N-dealkylation sites (N-methyl/N-ethyl adjacent to an activating group) is 1. The Balaban J connectivity index is 2.04. The quantitative estimate of drug-likeness (QED) is 0.839. The molecule has 1 saturated carbocycles. The van der Waals surface area contributed by atoms with Gasteiger partial charge < -0.3 is 15.7 Å². The topological polar surface area (TPSA) is 79.5 Å². The van der Waals surface area contributed by atoms with E-state index < -0.39 is 5.60 Å². The van der Waals surface area contributed by atoms with Crippen LogP contribution in [0.2, 0.25) is 0 Å². The van der Waals surface area contributed by atoms with E-state index in [0.29, 0.717) is 18.1 Å². The molecule has 0 saturated heterocycles. The largest absolute Gasteiger partial charge is 0.388 e. The van der Waals surface area contributed by atoms with Crippen molar-refractivity contribution in [3.8, 4) is 0 Å². The predicted octanol–water partition coefficient (Wildman–Crippen LogP) is 1.04. The van der Waals surface area contributed by atoms with E-state index in [1.54, 1.807) is 25.2 Å². The number of pyridine rings is 1. The number of hydrogen-bond donors (Lipinski definition) is 2. The number of amides is 1. The van der Waals surface area contributed by atoms with Crippen LogP contribution in [0.5, 0.6) is 0 Å². The van der Waals surface area contributed by atoms with Gasteiger partial charge in [0.25, 0.3) is 5.91 Å². The molecule has 3 N–H and O–H groups in total. The molecule has 5 nitrogen and oxygen atoms in total. The van der Waals surface area contributed by atoms with Gasteiger partial charge in [-0.1, -0.05) is 18.9 Å². The first-order valence-electron chi connectivity index (χ1n) is 6.21. The molecular formula is C13H19N3O2. The lowest BCUT2D eigenvalue weighted by molar-refractivity contribution is 0.0155. The minimum atomic E-state index is -0.731. The fourth-order valence-corrected chi connectivity index (χ4v) is 2.47. The fraction of sp³-hybridized carbons (Fsp3) is 0.538. The first-order valence-corrected chi connectivity index (χ1v) is 6.21. The highest BCUT2D eigenvalue weighted by molar-refractivity contribution is 5.92. The van der Waals surface area contributed by atoms with Crippen molar-refractivity contribution in [3.05, 3.63) is 23.9 Å². The van der Waals surface area contributed by atoms with Gasteiger partial charge in [-0.3, -0.25) is 4.79 Å². The molecule has 0 atom stereocenters. The van der Waals surface area contributed by atoms with Crippen LogP contribution in [0.3, 0.4) is 0 Å². The van der Waals surface area contributed by atoms with Crippen LogP contribution in [0.4, 0.5) is 5.82 Å². The van der Waals surface area contributed by atoms with Gasteiger partial charge in [-0.2, -0.15) is 0 Å². The Hall–Kier alpha value is -1.62. The van der Waals surface area contributed by atoms with Crippen LogP contribution >= 0.6 is 0 Å². The van der Waals surface area contributed by atoms with Gasteiger partial charge >= 0.3 is 0 Å². The van der Waals surface area contributed by atoms with Crippen molar-refractivity contribution in [3.63, 3.8) is 0 Å². The number of rotatable bonds is 3. The summed E-state index contributed by atoms with van der Waals surface area (Å²) in [5.74, 6) is 0.122. The highest BCUT2D eigenvalue weighted by atomic mass is 16.3. The minimum Gasteiger partial charge on any atom is -0.388 e. The molecule has 1 aromatic heterocycles. The number of anilines is 1. The van der Waals surface area contributed by atoms with Crippen LogP contribution < -0.4 is 5.73 Å². The molecule has 1 fully saturated rings. The van der Waals surface area contributed by atoms with Crippen LogP contribution in [0, 0.1) is 0 Å². The Morgan fingerprint density at radius 2 is 2.17 bits per heavy atom. The lowest BCUT2D eigenvalue weighted by Crippen LogP contribution is -2.42. The number of nitrogen functional groups attached to an aromatic ring is 1. The van der Waals surface area contributed by atoms with Crippen LogP contribution in [-0.2, 0) is 0 Å². The number of carbonyl (C=O) groups excluding carboxylic acids is 1. The van der Waals surface area contributed by atoms with Crippen LogP contribution in [-0.4, -0.2) is 40.1 Å². The van der Waals surface area contributed by atoms with Crippen LogP contribution in [0.25, 0.3) is 0 Å². The number of nitrogens with two attached hydrogens (primary N) is 1. The summed E-state index contributed by atoms with van der Waals surface area (Å²) in [5, 5.41) is 10.3. The molecule has 1 heterocycles. The van der Waals surface area contributed by atoms with E-state index in [1.807, 2.05) is 0 Å².